The molecule has 0 aliphatic rings. The number of nitrogens with zero attached hydrogens (tertiary/aromatic N) is 3. The number of fused-ring (bicyclic) bond motifs is 1. The van der Waals surface area contributed by atoms with Gasteiger partial charge in [-0.15, -0.1) is 24.2 Å². The van der Waals surface area contributed by atoms with Gasteiger partial charge < -0.3 is 4.90 Å². The fraction of sp³-hybridized carbons (Fsp3) is 0.263. The Kier molecular flexibility index (Phi) is 8.52. The van der Waals surface area contributed by atoms with Crippen LogP contribution in [0.5, 0.6) is 0 Å². The summed E-state index contributed by atoms with van der Waals surface area (Å²) in [7, 11) is 3.93. The molecule has 3 aromatic rings. The lowest BCUT2D eigenvalue weighted by molar-refractivity contribution is -0.116. The van der Waals surface area contributed by atoms with Crippen LogP contribution in [0.1, 0.15) is 0 Å². The molecular formula is C19H20Cl2FN3OS2. The maximum Gasteiger partial charge on any atom is 0.239 e. The van der Waals surface area contributed by atoms with Gasteiger partial charge in [0.05, 0.1) is 16.0 Å². The zero-order valence-electron chi connectivity index (χ0n) is 15.4. The zero-order valence-corrected chi connectivity index (χ0v) is 18.6. The normalized spacial score (nSPS) is 10.9. The summed E-state index contributed by atoms with van der Waals surface area (Å²) in [6.45, 7) is 1.27. The Labute approximate surface area is 183 Å². The highest BCUT2D eigenvalue weighted by atomic mass is 35.5. The second-order valence-electron chi connectivity index (χ2n) is 6.20. The fourth-order valence-electron chi connectivity index (χ4n) is 2.38. The van der Waals surface area contributed by atoms with Crippen LogP contribution in [0.4, 0.5) is 9.52 Å². The standard InChI is InChI=1S/C19H19ClFN3OS2.ClH/c1-23(2)9-10-24(18(25)12-26-15-6-4-14(21)5-7-15)19-22-16-8-3-13(20)11-17(16)27-19;/h3-8,11H,9-10,12H2,1-2H3;1H. The molecule has 0 radical (unpaired) electrons. The van der Waals surface area contributed by atoms with Crippen LogP contribution < -0.4 is 4.90 Å². The SMILES string of the molecule is CN(C)CCN(C(=O)CSc1ccc(F)cc1)c1nc2ccc(Cl)cc2s1.Cl. The topological polar surface area (TPSA) is 36.4 Å². The highest BCUT2D eigenvalue weighted by Crippen LogP contribution is 2.31. The predicted octanol–water partition coefficient (Wildman–Crippen LogP) is 5.20. The Morgan fingerprint density at radius 1 is 1.18 bits per heavy atom. The Bertz CT molecular complexity index is 935. The number of amides is 1. The molecule has 0 saturated heterocycles. The van der Waals surface area contributed by atoms with E-state index < -0.39 is 0 Å². The van der Waals surface area contributed by atoms with Crippen molar-refractivity contribution < 1.29 is 9.18 Å². The number of likely N-dealkylation sites (N-methyl/N-ethyl adjacent to an activating group) is 1. The first-order chi connectivity index (χ1) is 12.9. The minimum atomic E-state index is -0.286. The summed E-state index contributed by atoms with van der Waals surface area (Å²) in [5, 5.41) is 1.31. The van der Waals surface area contributed by atoms with Gasteiger partial charge in [0.15, 0.2) is 5.13 Å². The first-order valence-corrected chi connectivity index (χ1v) is 10.5. The number of thioether (sulfide) groups is 1. The number of anilines is 1. The van der Waals surface area contributed by atoms with Crippen molar-refractivity contribution in [2.45, 2.75) is 4.90 Å². The third-order valence-corrected chi connectivity index (χ3v) is 6.09. The van der Waals surface area contributed by atoms with E-state index in [2.05, 4.69) is 4.98 Å². The summed E-state index contributed by atoms with van der Waals surface area (Å²) in [5.41, 5.74) is 0.827. The molecule has 9 heteroatoms. The molecule has 0 aliphatic carbocycles. The largest absolute Gasteiger partial charge is 0.308 e. The number of thiazole rings is 1. The third kappa shape index (κ3) is 6.06. The molecule has 0 N–H and O–H groups in total. The predicted molar refractivity (Wildman–Crippen MR) is 120 cm³/mol. The van der Waals surface area contributed by atoms with Gasteiger partial charge in [-0.05, 0) is 56.6 Å². The van der Waals surface area contributed by atoms with Crippen LogP contribution in [0.3, 0.4) is 0 Å². The van der Waals surface area contributed by atoms with Gasteiger partial charge in [0.2, 0.25) is 5.91 Å². The number of carbonyl (C=O) groups is 1. The number of hydrogen-bond donors (Lipinski definition) is 0. The van der Waals surface area contributed by atoms with E-state index in [1.807, 2.05) is 31.1 Å². The smallest absolute Gasteiger partial charge is 0.239 e. The Hall–Kier alpha value is -1.38. The zero-order chi connectivity index (χ0) is 19.4. The van der Waals surface area contributed by atoms with Crippen molar-refractivity contribution in [2.24, 2.45) is 0 Å². The summed E-state index contributed by atoms with van der Waals surface area (Å²) in [6.07, 6.45) is 0. The van der Waals surface area contributed by atoms with Gasteiger partial charge in [0, 0.05) is 23.0 Å². The first-order valence-electron chi connectivity index (χ1n) is 8.32. The van der Waals surface area contributed by atoms with E-state index in [0.717, 1.165) is 21.7 Å². The van der Waals surface area contributed by atoms with E-state index in [0.29, 0.717) is 16.7 Å². The Balaban J connectivity index is 0.00000280. The van der Waals surface area contributed by atoms with Gasteiger partial charge in [-0.25, -0.2) is 9.37 Å². The van der Waals surface area contributed by atoms with Crippen LogP contribution in [0.15, 0.2) is 47.4 Å². The van der Waals surface area contributed by atoms with Crippen LogP contribution in [-0.4, -0.2) is 48.7 Å². The summed E-state index contributed by atoms with van der Waals surface area (Å²) >= 11 is 8.91. The number of rotatable bonds is 7. The third-order valence-electron chi connectivity index (χ3n) is 3.82. The molecule has 1 aromatic heterocycles. The van der Waals surface area contributed by atoms with Crippen LogP contribution in [-0.2, 0) is 4.79 Å². The average molecular weight is 460 g/mol. The number of halogens is 3. The van der Waals surface area contributed by atoms with Gasteiger partial charge in [0.25, 0.3) is 0 Å². The fourth-order valence-corrected chi connectivity index (χ4v) is 4.44. The number of aromatic nitrogens is 1. The van der Waals surface area contributed by atoms with E-state index in [1.165, 1.54) is 35.2 Å². The van der Waals surface area contributed by atoms with Crippen LogP contribution in [0, 0.1) is 5.82 Å². The summed E-state index contributed by atoms with van der Waals surface area (Å²) in [5.74, 6) is -0.0572. The minimum Gasteiger partial charge on any atom is -0.308 e. The Morgan fingerprint density at radius 2 is 1.89 bits per heavy atom. The highest BCUT2D eigenvalue weighted by Gasteiger charge is 2.20. The molecule has 0 unspecified atom stereocenters. The van der Waals surface area contributed by atoms with Gasteiger partial charge in [0.1, 0.15) is 5.82 Å². The van der Waals surface area contributed by atoms with Gasteiger partial charge in [-0.2, -0.15) is 0 Å². The van der Waals surface area contributed by atoms with E-state index in [4.69, 9.17) is 11.6 Å². The molecule has 2 aromatic carbocycles. The van der Waals surface area contributed by atoms with Crippen molar-refractivity contribution in [2.75, 3.05) is 37.8 Å². The molecule has 3 rings (SSSR count). The van der Waals surface area contributed by atoms with Gasteiger partial charge >= 0.3 is 0 Å². The van der Waals surface area contributed by atoms with Crippen molar-refractivity contribution in [1.29, 1.82) is 0 Å². The van der Waals surface area contributed by atoms with E-state index in [9.17, 15) is 9.18 Å². The average Bonchev–Trinajstić information content (AvgIpc) is 3.03. The minimum absolute atomic E-state index is 0. The quantitative estimate of drug-likeness (QED) is 0.455. The molecule has 1 amide bonds. The van der Waals surface area contributed by atoms with Crippen LogP contribution in [0.25, 0.3) is 10.2 Å². The molecule has 0 spiro atoms. The first kappa shape index (κ1) is 22.9. The van der Waals surface area contributed by atoms with Crippen molar-refractivity contribution in [1.82, 2.24) is 9.88 Å². The second-order valence-corrected chi connectivity index (χ2v) is 8.69. The van der Waals surface area contributed by atoms with E-state index in [1.54, 1.807) is 23.1 Å². The highest BCUT2D eigenvalue weighted by molar-refractivity contribution is 8.00. The summed E-state index contributed by atoms with van der Waals surface area (Å²) in [6, 6.07) is 11.7. The van der Waals surface area contributed by atoms with Gasteiger partial charge in [-0.3, -0.25) is 9.69 Å². The lowest BCUT2D eigenvalue weighted by Gasteiger charge is -2.21. The molecule has 150 valence electrons. The Morgan fingerprint density at radius 3 is 2.57 bits per heavy atom. The molecule has 0 fully saturated rings. The maximum absolute atomic E-state index is 13.0. The molecule has 4 nitrogen and oxygen atoms in total. The number of benzene rings is 2. The summed E-state index contributed by atoms with van der Waals surface area (Å²) < 4.78 is 14.0. The molecular weight excluding hydrogens is 440 g/mol. The lowest BCUT2D eigenvalue weighted by Crippen LogP contribution is -2.37. The van der Waals surface area contributed by atoms with Crippen molar-refractivity contribution in [3.05, 3.63) is 53.3 Å². The molecule has 1 heterocycles. The van der Waals surface area contributed by atoms with Crippen molar-refractivity contribution in [3.63, 3.8) is 0 Å². The number of carbonyl (C=O) groups excluding carboxylic acids is 1. The lowest BCUT2D eigenvalue weighted by atomic mass is 10.3. The molecule has 0 bridgehead atoms. The molecule has 0 saturated carbocycles. The maximum atomic E-state index is 13.0. The molecule has 0 aliphatic heterocycles. The van der Waals surface area contributed by atoms with Crippen LogP contribution in [0.2, 0.25) is 5.02 Å². The van der Waals surface area contributed by atoms with Crippen molar-refractivity contribution in [3.8, 4) is 0 Å². The van der Waals surface area contributed by atoms with Gasteiger partial charge in [-0.1, -0.05) is 22.9 Å². The monoisotopic (exact) mass is 459 g/mol. The summed E-state index contributed by atoms with van der Waals surface area (Å²) in [4.78, 5) is 22.1. The number of hydrogen-bond acceptors (Lipinski definition) is 5. The molecule has 28 heavy (non-hydrogen) atoms. The van der Waals surface area contributed by atoms with E-state index >= 15 is 0 Å². The van der Waals surface area contributed by atoms with E-state index in [-0.39, 0.29) is 29.9 Å². The van der Waals surface area contributed by atoms with Crippen LogP contribution >= 0.6 is 47.1 Å². The van der Waals surface area contributed by atoms with Crippen molar-refractivity contribution >= 4 is 68.4 Å². The second kappa shape index (κ2) is 10.4. The molecule has 0 atom stereocenters.